The van der Waals surface area contributed by atoms with E-state index in [1.54, 1.807) is 0 Å². The first-order valence-electron chi connectivity index (χ1n) is 11.5. The van der Waals surface area contributed by atoms with Crippen molar-refractivity contribution in [3.05, 3.63) is 64.7 Å². The van der Waals surface area contributed by atoms with Crippen LogP contribution in [0.1, 0.15) is 61.3 Å². The van der Waals surface area contributed by atoms with E-state index in [9.17, 15) is 4.79 Å². The van der Waals surface area contributed by atoms with Crippen molar-refractivity contribution in [1.29, 1.82) is 0 Å². The Labute approximate surface area is 174 Å². The van der Waals surface area contributed by atoms with Gasteiger partial charge in [0.25, 0.3) is 0 Å². The standard InChI is InChI=1S/C26H32N2O/c1-2-28-23-13-7-11-21-12-8-16-26(24(21)23,25(28)29)15-5-6-17-27-18-14-20-9-3-4-10-22(20)19-27/h3-4,7,9-11,13H,2,5-6,8,12,14-19H2,1H3. The van der Waals surface area contributed by atoms with E-state index in [4.69, 9.17) is 0 Å². The number of carbonyl (C=O) groups is 1. The second-order valence-electron chi connectivity index (χ2n) is 9.05. The zero-order chi connectivity index (χ0) is 19.8. The summed E-state index contributed by atoms with van der Waals surface area (Å²) in [4.78, 5) is 18.1. The monoisotopic (exact) mass is 388 g/mol. The van der Waals surface area contributed by atoms with Gasteiger partial charge in [-0.3, -0.25) is 9.69 Å². The molecule has 3 heteroatoms. The van der Waals surface area contributed by atoms with Crippen molar-refractivity contribution in [2.45, 2.75) is 63.8 Å². The average molecular weight is 389 g/mol. The lowest BCUT2D eigenvalue weighted by Gasteiger charge is -2.34. The van der Waals surface area contributed by atoms with E-state index in [1.807, 2.05) is 4.90 Å². The van der Waals surface area contributed by atoms with Gasteiger partial charge in [0.2, 0.25) is 5.91 Å². The van der Waals surface area contributed by atoms with Crippen LogP contribution in [0.15, 0.2) is 42.5 Å². The van der Waals surface area contributed by atoms with Crippen LogP contribution in [0.25, 0.3) is 0 Å². The van der Waals surface area contributed by atoms with E-state index in [1.165, 1.54) is 40.8 Å². The third-order valence-corrected chi connectivity index (χ3v) is 7.46. The highest BCUT2D eigenvalue weighted by Gasteiger charge is 2.51. The third-order valence-electron chi connectivity index (χ3n) is 7.46. The number of nitrogens with zero attached hydrogens (tertiary/aromatic N) is 2. The maximum absolute atomic E-state index is 13.5. The Balaban J connectivity index is 1.26. The molecule has 152 valence electrons. The molecule has 0 radical (unpaired) electrons. The molecule has 29 heavy (non-hydrogen) atoms. The largest absolute Gasteiger partial charge is 0.312 e. The van der Waals surface area contributed by atoms with Crippen molar-refractivity contribution in [3.63, 3.8) is 0 Å². The van der Waals surface area contributed by atoms with Crippen LogP contribution in [0.2, 0.25) is 0 Å². The Kier molecular flexibility index (Phi) is 4.95. The highest BCUT2D eigenvalue weighted by molar-refractivity contribution is 6.08. The molecule has 0 saturated heterocycles. The van der Waals surface area contributed by atoms with Crippen LogP contribution in [0.5, 0.6) is 0 Å². The number of fused-ring (bicyclic) bond motifs is 1. The van der Waals surface area contributed by atoms with Gasteiger partial charge in [-0.2, -0.15) is 0 Å². The highest BCUT2D eigenvalue weighted by atomic mass is 16.2. The Morgan fingerprint density at radius 3 is 2.66 bits per heavy atom. The molecule has 0 spiro atoms. The molecular formula is C26H32N2O. The van der Waals surface area contributed by atoms with Crippen LogP contribution in [-0.2, 0) is 29.6 Å². The van der Waals surface area contributed by atoms with Crippen LogP contribution in [-0.4, -0.2) is 30.4 Å². The molecule has 0 fully saturated rings. The molecule has 0 aromatic heterocycles. The van der Waals surface area contributed by atoms with E-state index in [0.717, 1.165) is 58.3 Å². The summed E-state index contributed by atoms with van der Waals surface area (Å²) in [5, 5.41) is 0. The quantitative estimate of drug-likeness (QED) is 0.660. The smallest absolute Gasteiger partial charge is 0.237 e. The second-order valence-corrected chi connectivity index (χ2v) is 9.05. The van der Waals surface area contributed by atoms with Gasteiger partial charge in [0.1, 0.15) is 0 Å². The molecule has 1 amide bonds. The van der Waals surface area contributed by atoms with E-state index in [0.29, 0.717) is 5.91 Å². The molecule has 2 aromatic rings. The molecule has 1 aliphatic carbocycles. The summed E-state index contributed by atoms with van der Waals surface area (Å²) in [5.74, 6) is 0.369. The fourth-order valence-electron chi connectivity index (χ4n) is 6.04. The number of aryl methyl sites for hydroxylation is 1. The SMILES string of the molecule is CCN1C(=O)C2(CCCCN3CCc4ccccc4C3)CCCc3cccc1c32. The molecule has 1 unspecified atom stereocenters. The lowest BCUT2D eigenvalue weighted by Crippen LogP contribution is -2.42. The molecule has 0 N–H and O–H groups in total. The molecule has 0 saturated carbocycles. The molecule has 3 nitrogen and oxygen atoms in total. The molecule has 5 rings (SSSR count). The second kappa shape index (κ2) is 7.60. The Morgan fingerprint density at radius 1 is 0.966 bits per heavy atom. The number of amides is 1. The topological polar surface area (TPSA) is 23.6 Å². The van der Waals surface area contributed by atoms with Crippen LogP contribution in [0, 0.1) is 0 Å². The van der Waals surface area contributed by atoms with Crippen molar-refractivity contribution in [2.75, 3.05) is 24.5 Å². The Bertz CT molecular complexity index is 921. The van der Waals surface area contributed by atoms with Gasteiger partial charge in [0.15, 0.2) is 0 Å². The lowest BCUT2D eigenvalue weighted by molar-refractivity contribution is -0.124. The van der Waals surface area contributed by atoms with E-state index in [-0.39, 0.29) is 5.41 Å². The summed E-state index contributed by atoms with van der Waals surface area (Å²) in [6.07, 6.45) is 7.79. The molecule has 2 aliphatic heterocycles. The minimum atomic E-state index is -0.241. The number of hydrogen-bond donors (Lipinski definition) is 0. The molecular weight excluding hydrogens is 356 g/mol. The summed E-state index contributed by atoms with van der Waals surface area (Å²) >= 11 is 0. The first kappa shape index (κ1) is 18.9. The van der Waals surface area contributed by atoms with Crippen molar-refractivity contribution in [2.24, 2.45) is 0 Å². The van der Waals surface area contributed by atoms with Gasteiger partial charge in [0, 0.05) is 25.3 Å². The van der Waals surface area contributed by atoms with E-state index in [2.05, 4.69) is 54.3 Å². The third kappa shape index (κ3) is 3.11. The molecule has 0 bridgehead atoms. The molecule has 2 heterocycles. The normalized spacial score (nSPS) is 23.2. The summed E-state index contributed by atoms with van der Waals surface area (Å²) in [6, 6.07) is 15.4. The molecule has 2 aromatic carbocycles. The number of rotatable bonds is 6. The number of benzene rings is 2. The van der Waals surface area contributed by atoms with Gasteiger partial charge in [-0.05, 0) is 80.3 Å². The Hall–Kier alpha value is -2.13. The maximum Gasteiger partial charge on any atom is 0.237 e. The number of likely N-dealkylation sites (N-methyl/N-ethyl adjacent to an activating group) is 1. The maximum atomic E-state index is 13.5. The lowest BCUT2D eigenvalue weighted by atomic mass is 9.68. The first-order valence-corrected chi connectivity index (χ1v) is 11.5. The predicted octanol–water partition coefficient (Wildman–Crippen LogP) is 4.86. The Morgan fingerprint density at radius 2 is 1.79 bits per heavy atom. The van der Waals surface area contributed by atoms with Gasteiger partial charge in [-0.1, -0.05) is 42.8 Å². The summed E-state index contributed by atoms with van der Waals surface area (Å²) in [5.41, 5.74) is 6.77. The number of anilines is 1. The molecule has 3 aliphatic rings. The van der Waals surface area contributed by atoms with Crippen molar-refractivity contribution < 1.29 is 4.79 Å². The minimum Gasteiger partial charge on any atom is -0.312 e. The van der Waals surface area contributed by atoms with Gasteiger partial charge in [-0.15, -0.1) is 0 Å². The summed E-state index contributed by atoms with van der Waals surface area (Å²) < 4.78 is 0. The first-order chi connectivity index (χ1) is 14.2. The predicted molar refractivity (Wildman–Crippen MR) is 118 cm³/mol. The van der Waals surface area contributed by atoms with Crippen molar-refractivity contribution >= 4 is 11.6 Å². The van der Waals surface area contributed by atoms with Gasteiger partial charge in [0.05, 0.1) is 5.41 Å². The van der Waals surface area contributed by atoms with E-state index >= 15 is 0 Å². The number of hydrogen-bond acceptors (Lipinski definition) is 2. The minimum absolute atomic E-state index is 0.241. The van der Waals surface area contributed by atoms with Gasteiger partial charge in [-0.25, -0.2) is 0 Å². The highest BCUT2D eigenvalue weighted by Crippen LogP contribution is 2.52. The zero-order valence-electron chi connectivity index (χ0n) is 17.6. The molecule has 1 atom stereocenters. The number of carbonyl (C=O) groups excluding carboxylic acids is 1. The fourth-order valence-corrected chi connectivity index (χ4v) is 6.04. The van der Waals surface area contributed by atoms with E-state index < -0.39 is 0 Å². The van der Waals surface area contributed by atoms with Crippen molar-refractivity contribution in [1.82, 2.24) is 4.90 Å². The number of unbranched alkanes of at least 4 members (excludes halogenated alkanes) is 1. The fraction of sp³-hybridized carbons (Fsp3) is 0.500. The van der Waals surface area contributed by atoms with Gasteiger partial charge >= 0.3 is 0 Å². The van der Waals surface area contributed by atoms with Crippen LogP contribution in [0.3, 0.4) is 0 Å². The average Bonchev–Trinajstić information content (AvgIpc) is 3.01. The van der Waals surface area contributed by atoms with Gasteiger partial charge < -0.3 is 4.90 Å². The zero-order valence-corrected chi connectivity index (χ0v) is 17.6. The van der Waals surface area contributed by atoms with Crippen LogP contribution < -0.4 is 4.90 Å². The van der Waals surface area contributed by atoms with Crippen molar-refractivity contribution in [3.8, 4) is 0 Å². The van der Waals surface area contributed by atoms with Crippen LogP contribution in [0.4, 0.5) is 5.69 Å². The summed E-state index contributed by atoms with van der Waals surface area (Å²) in [6.45, 7) is 6.28. The summed E-state index contributed by atoms with van der Waals surface area (Å²) in [7, 11) is 0. The van der Waals surface area contributed by atoms with Crippen LogP contribution >= 0.6 is 0 Å².